The van der Waals surface area contributed by atoms with E-state index in [-0.39, 0.29) is 0 Å². The average molecular weight is 269 g/mol. The number of nitrogens with one attached hydrogen (secondary N) is 1. The van der Waals surface area contributed by atoms with Crippen LogP contribution in [0.1, 0.15) is 0 Å². The molecule has 2 heterocycles. The third kappa shape index (κ3) is 2.13. The Hall–Kier alpha value is -2.70. The van der Waals surface area contributed by atoms with E-state index in [2.05, 4.69) is 30.5 Å². The number of nitrogens with zero attached hydrogens (tertiary/aromatic N) is 6. The Morgan fingerprint density at radius 2 is 1.85 bits per heavy atom. The van der Waals surface area contributed by atoms with Crippen LogP contribution in [0.5, 0.6) is 0 Å². The minimum Gasteiger partial charge on any atom is -0.378 e. The Morgan fingerprint density at radius 1 is 1.10 bits per heavy atom. The predicted octanol–water partition coefficient (Wildman–Crippen LogP) is 1.57. The lowest BCUT2D eigenvalue weighted by Gasteiger charge is -2.13. The fourth-order valence-electron chi connectivity index (χ4n) is 1.92. The molecular weight excluding hydrogens is 254 g/mol. The lowest BCUT2D eigenvalue weighted by molar-refractivity contribution is 0.729. The zero-order valence-electron chi connectivity index (χ0n) is 11.6. The molecule has 7 heteroatoms. The SMILES string of the molecule is CN(C)c1ccc(Nc2ncnc3c2nnn3C)cc1. The van der Waals surface area contributed by atoms with Crippen molar-refractivity contribution < 1.29 is 0 Å². The van der Waals surface area contributed by atoms with E-state index in [4.69, 9.17) is 0 Å². The average Bonchev–Trinajstić information content (AvgIpc) is 2.82. The molecule has 7 nitrogen and oxygen atoms in total. The highest BCUT2D eigenvalue weighted by Crippen LogP contribution is 2.22. The second-order valence-corrected chi connectivity index (χ2v) is 4.67. The first-order valence-corrected chi connectivity index (χ1v) is 6.20. The molecule has 2 aromatic heterocycles. The number of aryl methyl sites for hydroxylation is 1. The third-order valence-electron chi connectivity index (χ3n) is 3.03. The molecule has 0 saturated heterocycles. The molecule has 0 aliphatic rings. The summed E-state index contributed by atoms with van der Waals surface area (Å²) in [6.45, 7) is 0. The third-order valence-corrected chi connectivity index (χ3v) is 3.03. The Bertz CT molecular complexity index is 730. The largest absolute Gasteiger partial charge is 0.378 e. The standard InChI is InChI=1S/C13H15N7/c1-19(2)10-6-4-9(5-7-10)16-12-11-13(15-8-14-12)20(3)18-17-11/h4-8H,1-3H3,(H,14,15,16). The Balaban J connectivity index is 1.93. The van der Waals surface area contributed by atoms with Gasteiger partial charge in [0.05, 0.1) is 0 Å². The molecular formula is C13H15N7. The number of hydrogen-bond acceptors (Lipinski definition) is 6. The van der Waals surface area contributed by atoms with Crippen molar-refractivity contribution in [3.8, 4) is 0 Å². The first-order chi connectivity index (χ1) is 9.65. The van der Waals surface area contributed by atoms with Gasteiger partial charge in [0, 0.05) is 32.5 Å². The van der Waals surface area contributed by atoms with Crippen molar-refractivity contribution in [3.63, 3.8) is 0 Å². The fourth-order valence-corrected chi connectivity index (χ4v) is 1.92. The second kappa shape index (κ2) is 4.76. The van der Waals surface area contributed by atoms with E-state index in [0.29, 0.717) is 17.0 Å². The molecule has 3 aromatic rings. The monoisotopic (exact) mass is 269 g/mol. The first-order valence-electron chi connectivity index (χ1n) is 6.20. The van der Waals surface area contributed by atoms with Crippen molar-refractivity contribution in [2.75, 3.05) is 24.3 Å². The van der Waals surface area contributed by atoms with Crippen LogP contribution in [0.2, 0.25) is 0 Å². The molecule has 1 N–H and O–H groups in total. The maximum Gasteiger partial charge on any atom is 0.183 e. The maximum atomic E-state index is 4.22. The molecule has 20 heavy (non-hydrogen) atoms. The fraction of sp³-hybridized carbons (Fsp3) is 0.231. The van der Waals surface area contributed by atoms with Crippen LogP contribution in [-0.4, -0.2) is 39.1 Å². The van der Waals surface area contributed by atoms with E-state index in [1.165, 1.54) is 6.33 Å². The number of aromatic nitrogens is 5. The molecule has 0 amide bonds. The summed E-state index contributed by atoms with van der Waals surface area (Å²) in [6.07, 6.45) is 1.50. The van der Waals surface area contributed by atoms with Crippen molar-refractivity contribution in [1.29, 1.82) is 0 Å². The summed E-state index contributed by atoms with van der Waals surface area (Å²) >= 11 is 0. The van der Waals surface area contributed by atoms with Gasteiger partial charge in [-0.05, 0) is 24.3 Å². The van der Waals surface area contributed by atoms with Crippen molar-refractivity contribution in [1.82, 2.24) is 25.0 Å². The van der Waals surface area contributed by atoms with Gasteiger partial charge in [0.15, 0.2) is 17.0 Å². The van der Waals surface area contributed by atoms with Crippen molar-refractivity contribution in [3.05, 3.63) is 30.6 Å². The maximum absolute atomic E-state index is 4.22. The molecule has 0 unspecified atom stereocenters. The first kappa shape index (κ1) is 12.3. The van der Waals surface area contributed by atoms with Crippen LogP contribution in [0, 0.1) is 0 Å². The van der Waals surface area contributed by atoms with E-state index in [1.54, 1.807) is 11.7 Å². The molecule has 0 spiro atoms. The zero-order chi connectivity index (χ0) is 14.1. The number of anilines is 3. The van der Waals surface area contributed by atoms with Crippen molar-refractivity contribution in [2.45, 2.75) is 0 Å². The van der Waals surface area contributed by atoms with Gasteiger partial charge in [-0.3, -0.25) is 0 Å². The van der Waals surface area contributed by atoms with Crippen LogP contribution in [0.15, 0.2) is 30.6 Å². The molecule has 1 aromatic carbocycles. The molecule has 0 aliphatic carbocycles. The molecule has 0 fully saturated rings. The van der Waals surface area contributed by atoms with Gasteiger partial charge in [0.2, 0.25) is 0 Å². The molecule has 3 rings (SSSR count). The van der Waals surface area contributed by atoms with Crippen molar-refractivity contribution in [2.24, 2.45) is 7.05 Å². The van der Waals surface area contributed by atoms with Crippen LogP contribution in [0.3, 0.4) is 0 Å². The topological polar surface area (TPSA) is 71.8 Å². The predicted molar refractivity (Wildman–Crippen MR) is 78.2 cm³/mol. The number of benzene rings is 1. The molecule has 0 radical (unpaired) electrons. The van der Waals surface area contributed by atoms with Gasteiger partial charge in [0.1, 0.15) is 6.33 Å². The van der Waals surface area contributed by atoms with Crippen LogP contribution in [0.25, 0.3) is 11.2 Å². The second-order valence-electron chi connectivity index (χ2n) is 4.67. The van der Waals surface area contributed by atoms with Gasteiger partial charge >= 0.3 is 0 Å². The lowest BCUT2D eigenvalue weighted by Crippen LogP contribution is -2.08. The van der Waals surface area contributed by atoms with E-state index in [0.717, 1.165) is 11.4 Å². The van der Waals surface area contributed by atoms with Gasteiger partial charge in [-0.25, -0.2) is 14.6 Å². The van der Waals surface area contributed by atoms with E-state index in [1.807, 2.05) is 38.4 Å². The van der Waals surface area contributed by atoms with Crippen molar-refractivity contribution >= 4 is 28.4 Å². The normalized spacial score (nSPS) is 10.8. The summed E-state index contributed by atoms with van der Waals surface area (Å²) < 4.78 is 1.62. The molecule has 102 valence electrons. The Labute approximate surface area is 116 Å². The molecule has 0 atom stereocenters. The van der Waals surface area contributed by atoms with Crippen LogP contribution in [0.4, 0.5) is 17.2 Å². The number of fused-ring (bicyclic) bond motifs is 1. The van der Waals surface area contributed by atoms with Crippen LogP contribution >= 0.6 is 0 Å². The zero-order valence-corrected chi connectivity index (χ0v) is 11.6. The van der Waals surface area contributed by atoms with E-state index < -0.39 is 0 Å². The van der Waals surface area contributed by atoms with Gasteiger partial charge in [0.25, 0.3) is 0 Å². The molecule has 0 bridgehead atoms. The summed E-state index contributed by atoms with van der Waals surface area (Å²) in [5.74, 6) is 0.653. The highest BCUT2D eigenvalue weighted by atomic mass is 15.4. The number of rotatable bonds is 3. The van der Waals surface area contributed by atoms with E-state index in [9.17, 15) is 0 Å². The minimum absolute atomic E-state index is 0.653. The minimum atomic E-state index is 0.653. The summed E-state index contributed by atoms with van der Waals surface area (Å²) in [6, 6.07) is 8.08. The Kier molecular flexibility index (Phi) is 2.94. The Morgan fingerprint density at radius 3 is 2.55 bits per heavy atom. The summed E-state index contributed by atoms with van der Waals surface area (Å²) in [5.41, 5.74) is 3.45. The molecule has 0 aliphatic heterocycles. The van der Waals surface area contributed by atoms with Crippen LogP contribution in [-0.2, 0) is 7.05 Å². The highest BCUT2D eigenvalue weighted by molar-refractivity contribution is 5.84. The lowest BCUT2D eigenvalue weighted by atomic mass is 10.2. The quantitative estimate of drug-likeness (QED) is 0.778. The molecule has 0 saturated carbocycles. The van der Waals surface area contributed by atoms with E-state index >= 15 is 0 Å². The van der Waals surface area contributed by atoms with Gasteiger partial charge in [-0.2, -0.15) is 0 Å². The van der Waals surface area contributed by atoms with Gasteiger partial charge in [-0.1, -0.05) is 5.21 Å². The summed E-state index contributed by atoms with van der Waals surface area (Å²) in [7, 11) is 5.82. The highest BCUT2D eigenvalue weighted by Gasteiger charge is 2.09. The smallest absolute Gasteiger partial charge is 0.183 e. The summed E-state index contributed by atoms with van der Waals surface area (Å²) in [5, 5.41) is 11.3. The number of hydrogen-bond donors (Lipinski definition) is 1. The van der Waals surface area contributed by atoms with Crippen LogP contribution < -0.4 is 10.2 Å². The van der Waals surface area contributed by atoms with Gasteiger partial charge in [-0.15, -0.1) is 5.10 Å². The van der Waals surface area contributed by atoms with Gasteiger partial charge < -0.3 is 10.2 Å². The summed E-state index contributed by atoms with van der Waals surface area (Å²) in [4.78, 5) is 10.4.